The van der Waals surface area contributed by atoms with E-state index in [1.165, 1.54) is 22.8 Å². The Hall–Kier alpha value is -3.72. The van der Waals surface area contributed by atoms with Gasteiger partial charge in [-0.1, -0.05) is 42.5 Å². The van der Waals surface area contributed by atoms with E-state index in [0.717, 1.165) is 11.3 Å². The number of aryl methyl sites for hydroxylation is 1. The second kappa shape index (κ2) is 8.97. The Labute approximate surface area is 181 Å². The molecular formula is C22H19N3O5S. The smallest absolute Gasteiger partial charge is 0.419 e. The minimum absolute atomic E-state index is 0.0730. The van der Waals surface area contributed by atoms with Crippen LogP contribution in [-0.2, 0) is 20.9 Å². The van der Waals surface area contributed by atoms with Gasteiger partial charge in [0.05, 0.1) is 17.6 Å². The van der Waals surface area contributed by atoms with Gasteiger partial charge in [-0.2, -0.15) is 0 Å². The first kappa shape index (κ1) is 20.5. The number of carbonyl (C=O) groups excluding carboxylic acids is 2. The van der Waals surface area contributed by atoms with Crippen LogP contribution >= 0.6 is 11.3 Å². The number of nitrogens with one attached hydrogen (secondary N) is 1. The molecule has 0 fully saturated rings. The number of thiazole rings is 1. The van der Waals surface area contributed by atoms with Crippen molar-refractivity contribution in [1.29, 1.82) is 0 Å². The summed E-state index contributed by atoms with van der Waals surface area (Å²) in [5.41, 5.74) is 2.75. The molecule has 9 heteroatoms. The van der Waals surface area contributed by atoms with Crippen LogP contribution in [0.1, 0.15) is 13.3 Å². The second-order valence-electron chi connectivity index (χ2n) is 6.76. The molecule has 4 rings (SSSR count). The van der Waals surface area contributed by atoms with Crippen LogP contribution in [0.5, 0.6) is 0 Å². The number of anilines is 1. The number of benzene rings is 2. The second-order valence-corrected chi connectivity index (χ2v) is 7.62. The highest BCUT2D eigenvalue weighted by atomic mass is 32.1. The van der Waals surface area contributed by atoms with Gasteiger partial charge in [-0.25, -0.2) is 9.78 Å². The minimum atomic E-state index is -1.01. The van der Waals surface area contributed by atoms with Crippen LogP contribution in [0.25, 0.3) is 22.4 Å². The van der Waals surface area contributed by atoms with Crippen molar-refractivity contribution < 1.29 is 18.7 Å². The fraction of sp³-hybridized carbons (Fsp3) is 0.182. The summed E-state index contributed by atoms with van der Waals surface area (Å²) in [5.74, 6) is -1.62. The highest BCUT2D eigenvalue weighted by molar-refractivity contribution is 7.14. The van der Waals surface area contributed by atoms with Crippen molar-refractivity contribution in [3.05, 3.63) is 70.5 Å². The monoisotopic (exact) mass is 437 g/mol. The molecule has 0 saturated carbocycles. The third-order valence-electron chi connectivity index (χ3n) is 4.59. The molecule has 8 nitrogen and oxygen atoms in total. The van der Waals surface area contributed by atoms with Gasteiger partial charge in [0.1, 0.15) is 0 Å². The first-order chi connectivity index (χ1) is 15.0. The van der Waals surface area contributed by atoms with Crippen LogP contribution < -0.4 is 11.1 Å². The Morgan fingerprint density at radius 1 is 1.16 bits per heavy atom. The Kier molecular flexibility index (Phi) is 5.94. The molecule has 0 radical (unpaired) electrons. The zero-order valence-corrected chi connectivity index (χ0v) is 17.4. The molecule has 1 amide bonds. The molecule has 0 spiro atoms. The number of esters is 1. The standard InChI is InChI=1S/C22H19N3O5S/c1-14(20(27)24-21-23-16(13-31-21)15-7-3-2-4-8-15)29-19(26)11-12-25-17-9-5-6-10-18(17)30-22(25)28/h2-10,13-14H,11-12H2,1H3,(H,23,24,27). The van der Waals surface area contributed by atoms with E-state index < -0.39 is 23.7 Å². The number of hydrogen-bond acceptors (Lipinski definition) is 7. The fourth-order valence-electron chi connectivity index (χ4n) is 3.02. The number of fused-ring (bicyclic) bond motifs is 1. The minimum Gasteiger partial charge on any atom is -0.452 e. The van der Waals surface area contributed by atoms with E-state index in [1.807, 2.05) is 35.7 Å². The lowest BCUT2D eigenvalue weighted by Gasteiger charge is -2.12. The number of para-hydroxylation sites is 2. The third kappa shape index (κ3) is 4.72. The van der Waals surface area contributed by atoms with E-state index in [2.05, 4.69) is 10.3 Å². The molecule has 4 aromatic rings. The molecule has 0 aliphatic heterocycles. The summed E-state index contributed by atoms with van der Waals surface area (Å²) in [6.45, 7) is 1.58. The number of ether oxygens (including phenoxy) is 1. The van der Waals surface area contributed by atoms with Crippen LogP contribution in [-0.4, -0.2) is 27.5 Å². The Morgan fingerprint density at radius 2 is 1.90 bits per heavy atom. The molecule has 0 aliphatic carbocycles. The maximum absolute atomic E-state index is 12.4. The fourth-order valence-corrected chi connectivity index (χ4v) is 3.74. The van der Waals surface area contributed by atoms with Crippen molar-refractivity contribution in [1.82, 2.24) is 9.55 Å². The molecule has 0 bridgehead atoms. The van der Waals surface area contributed by atoms with Crippen LogP contribution in [0.3, 0.4) is 0 Å². The molecule has 0 aliphatic rings. The van der Waals surface area contributed by atoms with E-state index in [0.29, 0.717) is 16.2 Å². The Morgan fingerprint density at radius 3 is 2.71 bits per heavy atom. The summed E-state index contributed by atoms with van der Waals surface area (Å²) in [6.07, 6.45) is -1.08. The molecule has 2 aromatic carbocycles. The maximum atomic E-state index is 12.4. The van der Waals surface area contributed by atoms with Crippen molar-refractivity contribution in [3.63, 3.8) is 0 Å². The van der Waals surface area contributed by atoms with E-state index in [-0.39, 0.29) is 13.0 Å². The van der Waals surface area contributed by atoms with Gasteiger partial charge in [0, 0.05) is 17.5 Å². The Balaban J connectivity index is 1.31. The van der Waals surface area contributed by atoms with E-state index in [1.54, 1.807) is 24.3 Å². The van der Waals surface area contributed by atoms with Gasteiger partial charge in [0.25, 0.3) is 5.91 Å². The largest absolute Gasteiger partial charge is 0.452 e. The average Bonchev–Trinajstić information content (AvgIpc) is 3.36. The van der Waals surface area contributed by atoms with Crippen molar-refractivity contribution in [2.75, 3.05) is 5.32 Å². The maximum Gasteiger partial charge on any atom is 0.419 e. The van der Waals surface area contributed by atoms with Crippen molar-refractivity contribution in [3.8, 4) is 11.3 Å². The van der Waals surface area contributed by atoms with Gasteiger partial charge < -0.3 is 9.15 Å². The van der Waals surface area contributed by atoms with Crippen LogP contribution in [0.2, 0.25) is 0 Å². The number of nitrogens with zero attached hydrogens (tertiary/aromatic N) is 2. The summed E-state index contributed by atoms with van der Waals surface area (Å²) < 4.78 is 11.7. The summed E-state index contributed by atoms with van der Waals surface area (Å²) in [7, 11) is 0. The molecule has 158 valence electrons. The van der Waals surface area contributed by atoms with Crippen LogP contribution in [0.15, 0.2) is 69.2 Å². The van der Waals surface area contributed by atoms with E-state index in [9.17, 15) is 14.4 Å². The number of hydrogen-bond donors (Lipinski definition) is 1. The van der Waals surface area contributed by atoms with Crippen LogP contribution in [0.4, 0.5) is 5.13 Å². The molecular weight excluding hydrogens is 418 g/mol. The summed E-state index contributed by atoms with van der Waals surface area (Å²) in [4.78, 5) is 40.9. The number of rotatable bonds is 7. The number of carbonyl (C=O) groups is 2. The predicted octanol–water partition coefficient (Wildman–Crippen LogP) is 3.68. The first-order valence-corrected chi connectivity index (χ1v) is 10.5. The van der Waals surface area contributed by atoms with Gasteiger partial charge >= 0.3 is 11.7 Å². The van der Waals surface area contributed by atoms with Gasteiger partial charge in [-0.05, 0) is 19.1 Å². The normalized spacial score (nSPS) is 11.9. The number of oxazole rings is 1. The molecule has 0 saturated heterocycles. The van der Waals surface area contributed by atoms with E-state index >= 15 is 0 Å². The Bertz CT molecular complexity index is 1280. The number of amides is 1. The van der Waals surface area contributed by atoms with Gasteiger partial charge in [-0.15, -0.1) is 11.3 Å². The molecule has 1 N–H and O–H groups in total. The SMILES string of the molecule is CC(OC(=O)CCn1c(=O)oc2ccccc21)C(=O)Nc1nc(-c2ccccc2)cs1. The lowest BCUT2D eigenvalue weighted by atomic mass is 10.2. The summed E-state index contributed by atoms with van der Waals surface area (Å²) in [6, 6.07) is 16.6. The quantitative estimate of drug-likeness (QED) is 0.443. The average molecular weight is 437 g/mol. The lowest BCUT2D eigenvalue weighted by molar-refractivity contribution is -0.153. The molecule has 1 unspecified atom stereocenters. The van der Waals surface area contributed by atoms with Crippen molar-refractivity contribution >= 4 is 39.4 Å². The van der Waals surface area contributed by atoms with E-state index in [4.69, 9.17) is 9.15 Å². The first-order valence-electron chi connectivity index (χ1n) is 9.61. The predicted molar refractivity (Wildman–Crippen MR) is 117 cm³/mol. The van der Waals surface area contributed by atoms with Gasteiger partial charge in [0.2, 0.25) is 0 Å². The summed E-state index contributed by atoms with van der Waals surface area (Å²) >= 11 is 1.29. The third-order valence-corrected chi connectivity index (χ3v) is 5.35. The van der Waals surface area contributed by atoms with Crippen LogP contribution in [0, 0.1) is 0 Å². The molecule has 1 atom stereocenters. The lowest BCUT2D eigenvalue weighted by Crippen LogP contribution is -2.30. The van der Waals surface area contributed by atoms with Gasteiger partial charge in [0.15, 0.2) is 16.8 Å². The highest BCUT2D eigenvalue weighted by Crippen LogP contribution is 2.24. The summed E-state index contributed by atoms with van der Waals surface area (Å²) in [5, 5.41) is 4.92. The molecule has 31 heavy (non-hydrogen) atoms. The zero-order valence-electron chi connectivity index (χ0n) is 16.6. The molecule has 2 aromatic heterocycles. The van der Waals surface area contributed by atoms with Gasteiger partial charge in [-0.3, -0.25) is 19.5 Å². The number of aromatic nitrogens is 2. The topological polar surface area (TPSA) is 103 Å². The van der Waals surface area contributed by atoms with Crippen molar-refractivity contribution in [2.45, 2.75) is 26.0 Å². The van der Waals surface area contributed by atoms with Crippen molar-refractivity contribution in [2.24, 2.45) is 0 Å². The zero-order chi connectivity index (χ0) is 21.8. The highest BCUT2D eigenvalue weighted by Gasteiger charge is 2.20. The molecule has 2 heterocycles.